The largest absolute Gasteiger partial charge is 0.444 e. The van der Waals surface area contributed by atoms with Gasteiger partial charge in [-0.15, -0.1) is 0 Å². The zero-order chi connectivity index (χ0) is 14.3. The molecule has 0 bridgehead atoms. The van der Waals surface area contributed by atoms with E-state index < -0.39 is 29.4 Å². The summed E-state index contributed by atoms with van der Waals surface area (Å²) in [7, 11) is 0. The molecule has 2 rings (SSSR count). The van der Waals surface area contributed by atoms with E-state index in [2.05, 4.69) is 0 Å². The van der Waals surface area contributed by atoms with Crippen LogP contribution in [0.25, 0.3) is 0 Å². The van der Waals surface area contributed by atoms with E-state index in [9.17, 15) is 15.0 Å². The van der Waals surface area contributed by atoms with E-state index in [0.717, 1.165) is 0 Å². The molecule has 0 aromatic rings. The average molecular weight is 273 g/mol. The van der Waals surface area contributed by atoms with Crippen LogP contribution in [0.3, 0.4) is 0 Å². The van der Waals surface area contributed by atoms with E-state index in [-0.39, 0.29) is 6.54 Å². The van der Waals surface area contributed by atoms with Crippen molar-refractivity contribution in [2.24, 2.45) is 0 Å². The van der Waals surface area contributed by atoms with Gasteiger partial charge in [-0.05, 0) is 33.6 Å². The minimum atomic E-state index is -0.941. The minimum absolute atomic E-state index is 0.107. The average Bonchev–Trinajstić information content (AvgIpc) is 2.54. The Kier molecular flexibility index (Phi) is 3.77. The van der Waals surface area contributed by atoms with Crippen molar-refractivity contribution in [3.63, 3.8) is 0 Å². The quantitative estimate of drug-likeness (QED) is 0.672. The lowest BCUT2D eigenvalue weighted by atomic mass is 9.84. The number of hydrogen-bond donors (Lipinski definition) is 2. The second-order valence-corrected chi connectivity index (χ2v) is 6.32. The van der Waals surface area contributed by atoms with Crippen LogP contribution in [0.1, 0.15) is 33.6 Å². The van der Waals surface area contributed by atoms with Crippen LogP contribution in [0.4, 0.5) is 4.79 Å². The minimum Gasteiger partial charge on any atom is -0.444 e. The maximum absolute atomic E-state index is 12.3. The van der Waals surface area contributed by atoms with Gasteiger partial charge in [-0.25, -0.2) is 4.79 Å². The molecule has 110 valence electrons. The summed E-state index contributed by atoms with van der Waals surface area (Å²) >= 11 is 0. The molecule has 0 aromatic heterocycles. The van der Waals surface area contributed by atoms with Gasteiger partial charge >= 0.3 is 6.09 Å². The highest BCUT2D eigenvalue weighted by atomic mass is 16.6. The molecule has 2 saturated heterocycles. The lowest BCUT2D eigenvalue weighted by Gasteiger charge is -2.43. The number of aliphatic hydroxyl groups excluding tert-OH is 2. The Labute approximate surface area is 113 Å². The Hall–Kier alpha value is -0.850. The predicted molar refractivity (Wildman–Crippen MR) is 67.7 cm³/mol. The van der Waals surface area contributed by atoms with Gasteiger partial charge in [0.25, 0.3) is 0 Å². The Bertz CT molecular complexity index is 345. The van der Waals surface area contributed by atoms with Crippen molar-refractivity contribution in [1.29, 1.82) is 0 Å². The van der Waals surface area contributed by atoms with Crippen LogP contribution in [-0.2, 0) is 9.47 Å². The topological polar surface area (TPSA) is 79.2 Å². The molecule has 2 fully saturated rings. The summed E-state index contributed by atoms with van der Waals surface area (Å²) in [5, 5.41) is 20.1. The summed E-state index contributed by atoms with van der Waals surface area (Å²) in [5.41, 5.74) is -1.35. The molecule has 2 heterocycles. The normalized spacial score (nSPS) is 30.7. The number of carbonyl (C=O) groups excluding carboxylic acids is 1. The first-order valence-electron chi connectivity index (χ1n) is 6.71. The molecule has 0 radical (unpaired) electrons. The summed E-state index contributed by atoms with van der Waals surface area (Å²) in [5.74, 6) is 0. The SMILES string of the molecule is CC(C)(C)OC(=O)N1C[C@@H](O)[C@@H](O)C12CCOCC2. The van der Waals surface area contributed by atoms with E-state index in [1.54, 1.807) is 20.8 Å². The fraction of sp³-hybridized carbons (Fsp3) is 0.923. The molecule has 2 N–H and O–H groups in total. The number of aliphatic hydroxyl groups is 2. The van der Waals surface area contributed by atoms with E-state index in [4.69, 9.17) is 9.47 Å². The van der Waals surface area contributed by atoms with Crippen molar-refractivity contribution in [2.45, 2.75) is 57.0 Å². The molecule has 6 nitrogen and oxygen atoms in total. The Balaban J connectivity index is 2.20. The van der Waals surface area contributed by atoms with Crippen LogP contribution in [0.15, 0.2) is 0 Å². The van der Waals surface area contributed by atoms with Gasteiger partial charge in [0.1, 0.15) is 11.7 Å². The van der Waals surface area contributed by atoms with Crippen LogP contribution in [-0.4, -0.2) is 64.3 Å². The molecule has 2 aliphatic rings. The van der Waals surface area contributed by atoms with Gasteiger partial charge in [-0.1, -0.05) is 0 Å². The highest BCUT2D eigenvalue weighted by molar-refractivity contribution is 5.70. The summed E-state index contributed by atoms with van der Waals surface area (Å²) in [4.78, 5) is 13.7. The number of nitrogens with zero attached hydrogens (tertiary/aromatic N) is 1. The van der Waals surface area contributed by atoms with Gasteiger partial charge < -0.3 is 19.7 Å². The third-order valence-corrected chi connectivity index (χ3v) is 3.79. The molecular weight excluding hydrogens is 250 g/mol. The van der Waals surface area contributed by atoms with Crippen LogP contribution in [0.5, 0.6) is 0 Å². The number of carbonyl (C=O) groups is 1. The van der Waals surface area contributed by atoms with E-state index in [1.165, 1.54) is 4.90 Å². The Morgan fingerprint density at radius 2 is 1.89 bits per heavy atom. The first-order valence-corrected chi connectivity index (χ1v) is 6.71. The lowest BCUT2D eigenvalue weighted by Crippen LogP contribution is -2.57. The monoisotopic (exact) mass is 273 g/mol. The summed E-state index contributed by atoms with van der Waals surface area (Å²) in [6.07, 6.45) is -1.31. The maximum atomic E-state index is 12.3. The first kappa shape index (κ1) is 14.6. The van der Waals surface area contributed by atoms with Crippen LogP contribution in [0, 0.1) is 0 Å². The van der Waals surface area contributed by atoms with Crippen LogP contribution < -0.4 is 0 Å². The molecule has 1 amide bonds. The van der Waals surface area contributed by atoms with Gasteiger partial charge in [0, 0.05) is 13.2 Å². The zero-order valence-electron chi connectivity index (χ0n) is 11.8. The van der Waals surface area contributed by atoms with Gasteiger partial charge in [-0.2, -0.15) is 0 Å². The van der Waals surface area contributed by atoms with Crippen molar-refractivity contribution in [2.75, 3.05) is 19.8 Å². The van der Waals surface area contributed by atoms with Gasteiger partial charge in [0.2, 0.25) is 0 Å². The molecule has 0 saturated carbocycles. The number of amides is 1. The van der Waals surface area contributed by atoms with E-state index in [1.807, 2.05) is 0 Å². The number of ether oxygens (including phenoxy) is 2. The first-order chi connectivity index (χ1) is 8.76. The predicted octanol–water partition coefficient (Wildman–Crippen LogP) is 0.508. The molecule has 1 spiro atoms. The lowest BCUT2D eigenvalue weighted by molar-refractivity contribution is -0.0738. The fourth-order valence-corrected chi connectivity index (χ4v) is 2.85. The molecular formula is C13H23NO5. The third-order valence-electron chi connectivity index (χ3n) is 3.79. The second kappa shape index (κ2) is 4.92. The maximum Gasteiger partial charge on any atom is 0.410 e. The van der Waals surface area contributed by atoms with Crippen molar-refractivity contribution < 1.29 is 24.5 Å². The summed E-state index contributed by atoms with van der Waals surface area (Å²) in [6.45, 7) is 6.45. The van der Waals surface area contributed by atoms with E-state index in [0.29, 0.717) is 26.1 Å². The molecule has 0 unspecified atom stereocenters. The third kappa shape index (κ3) is 2.70. The van der Waals surface area contributed by atoms with Gasteiger partial charge in [0.15, 0.2) is 0 Å². The number of hydrogen-bond acceptors (Lipinski definition) is 5. The Morgan fingerprint density at radius 1 is 1.32 bits per heavy atom. The molecule has 2 aliphatic heterocycles. The molecule has 6 heteroatoms. The van der Waals surface area contributed by atoms with Crippen LogP contribution in [0.2, 0.25) is 0 Å². The summed E-state index contributed by atoms with van der Waals surface area (Å²) in [6, 6.07) is 0. The van der Waals surface area contributed by atoms with Crippen molar-refractivity contribution >= 4 is 6.09 Å². The molecule has 0 aliphatic carbocycles. The van der Waals surface area contributed by atoms with Crippen LogP contribution >= 0.6 is 0 Å². The second-order valence-electron chi connectivity index (χ2n) is 6.32. The number of rotatable bonds is 0. The van der Waals surface area contributed by atoms with Crippen molar-refractivity contribution in [3.05, 3.63) is 0 Å². The summed E-state index contributed by atoms with van der Waals surface area (Å²) < 4.78 is 10.7. The van der Waals surface area contributed by atoms with Crippen molar-refractivity contribution in [3.8, 4) is 0 Å². The highest BCUT2D eigenvalue weighted by Gasteiger charge is 2.56. The standard InChI is InChI=1S/C13H23NO5/c1-12(2,3)19-11(17)14-8-9(15)10(16)13(14)4-6-18-7-5-13/h9-10,15-16H,4-8H2,1-3H3/t9-,10-/m1/s1. The van der Waals surface area contributed by atoms with E-state index >= 15 is 0 Å². The molecule has 19 heavy (non-hydrogen) atoms. The fourth-order valence-electron chi connectivity index (χ4n) is 2.85. The Morgan fingerprint density at radius 3 is 2.42 bits per heavy atom. The highest BCUT2D eigenvalue weighted by Crippen LogP contribution is 2.39. The van der Waals surface area contributed by atoms with Gasteiger partial charge in [-0.3, -0.25) is 4.90 Å². The molecule has 0 aromatic carbocycles. The van der Waals surface area contributed by atoms with Crippen molar-refractivity contribution in [1.82, 2.24) is 4.90 Å². The van der Waals surface area contributed by atoms with Gasteiger partial charge in [0.05, 0.1) is 18.2 Å². The molecule has 2 atom stereocenters. The number of β-amino-alcohol motifs (C(OH)–C–C–N with tert-alkyl or cyclic N) is 1. The smallest absolute Gasteiger partial charge is 0.410 e. The zero-order valence-corrected chi connectivity index (χ0v) is 11.8. The number of likely N-dealkylation sites (tertiary alicyclic amines) is 1.